The molecule has 2 aliphatic heterocycles. The maximum absolute atomic E-state index is 12.8. The molecule has 0 bridgehead atoms. The van der Waals surface area contributed by atoms with Gasteiger partial charge in [-0.2, -0.15) is 0 Å². The van der Waals surface area contributed by atoms with Crippen LogP contribution in [0.25, 0.3) is 0 Å². The molecule has 0 radical (unpaired) electrons. The summed E-state index contributed by atoms with van der Waals surface area (Å²) in [4.78, 5) is 44.8. The van der Waals surface area contributed by atoms with E-state index in [9.17, 15) is 14.4 Å². The molecule has 1 fully saturated rings. The molecule has 0 unspecified atom stereocenters. The summed E-state index contributed by atoms with van der Waals surface area (Å²) in [5.74, 6) is -0.307. The van der Waals surface area contributed by atoms with E-state index < -0.39 is 0 Å². The van der Waals surface area contributed by atoms with Crippen LogP contribution >= 0.6 is 0 Å². The number of carbonyl (C=O) groups is 2. The average molecular weight is 439 g/mol. The van der Waals surface area contributed by atoms with Gasteiger partial charge in [0.2, 0.25) is 5.91 Å². The van der Waals surface area contributed by atoms with E-state index in [0.29, 0.717) is 45.7 Å². The number of carbonyl (C=O) groups excluding carboxylic acids is 2. The summed E-state index contributed by atoms with van der Waals surface area (Å²) in [7, 11) is 0. The van der Waals surface area contributed by atoms with Gasteiger partial charge < -0.3 is 19.9 Å². The minimum absolute atomic E-state index is 0.0437. The fourth-order valence-corrected chi connectivity index (χ4v) is 4.25. The van der Waals surface area contributed by atoms with E-state index in [2.05, 4.69) is 15.2 Å². The molecule has 0 saturated carbocycles. The van der Waals surface area contributed by atoms with E-state index in [0.717, 1.165) is 41.9 Å². The lowest BCUT2D eigenvalue weighted by Gasteiger charge is -2.30. The van der Waals surface area contributed by atoms with Gasteiger partial charge in [-0.15, -0.1) is 0 Å². The topological polar surface area (TPSA) is 94.7 Å². The third-order valence-electron chi connectivity index (χ3n) is 6.16. The van der Waals surface area contributed by atoms with Crippen LogP contribution in [0.2, 0.25) is 0 Å². The lowest BCUT2D eigenvalue weighted by molar-refractivity contribution is -0.131. The molecule has 3 heterocycles. The molecular formula is C24H30N4O4. The van der Waals surface area contributed by atoms with Gasteiger partial charge in [0.15, 0.2) is 0 Å². The Morgan fingerprint density at radius 2 is 1.88 bits per heavy atom. The van der Waals surface area contributed by atoms with Crippen molar-refractivity contribution in [3.8, 4) is 0 Å². The molecule has 2 N–H and O–H groups in total. The maximum Gasteiger partial charge on any atom is 0.261 e. The Hall–Kier alpha value is -2.97. The predicted molar refractivity (Wildman–Crippen MR) is 121 cm³/mol. The second-order valence-corrected chi connectivity index (χ2v) is 8.43. The first-order valence-corrected chi connectivity index (χ1v) is 11.2. The van der Waals surface area contributed by atoms with Crippen LogP contribution in [0.4, 0.5) is 0 Å². The molecule has 4 rings (SSSR count). The first-order valence-electron chi connectivity index (χ1n) is 11.2. The van der Waals surface area contributed by atoms with E-state index >= 15 is 0 Å². The summed E-state index contributed by atoms with van der Waals surface area (Å²) in [6.07, 6.45) is 2.46. The third-order valence-corrected chi connectivity index (χ3v) is 6.16. The smallest absolute Gasteiger partial charge is 0.261 e. The summed E-state index contributed by atoms with van der Waals surface area (Å²) in [5, 5.41) is 2.89. The summed E-state index contributed by atoms with van der Waals surface area (Å²) < 4.78 is 5.34. The van der Waals surface area contributed by atoms with Crippen LogP contribution in [0.3, 0.4) is 0 Å². The number of amides is 2. The molecule has 1 aromatic heterocycles. The number of nitrogens with one attached hydrogen (secondary N) is 2. The number of hydrogen-bond acceptors (Lipinski definition) is 5. The zero-order chi connectivity index (χ0) is 22.5. The Balaban J connectivity index is 1.39. The molecule has 8 nitrogen and oxygen atoms in total. The molecular weight excluding hydrogens is 408 g/mol. The molecule has 2 aliphatic rings. The third kappa shape index (κ3) is 5.26. The Kier molecular flexibility index (Phi) is 7.02. The van der Waals surface area contributed by atoms with Gasteiger partial charge >= 0.3 is 0 Å². The number of H-pyrrole nitrogens is 1. The molecule has 8 heteroatoms. The highest BCUT2D eigenvalue weighted by atomic mass is 16.5. The van der Waals surface area contributed by atoms with E-state index in [-0.39, 0.29) is 22.9 Å². The highest BCUT2D eigenvalue weighted by Crippen LogP contribution is 2.21. The summed E-state index contributed by atoms with van der Waals surface area (Å²) in [6, 6.07) is 7.95. The number of aromatic amines is 1. The Morgan fingerprint density at radius 3 is 2.62 bits per heavy atom. The van der Waals surface area contributed by atoms with Crippen molar-refractivity contribution in [2.24, 2.45) is 0 Å². The molecule has 32 heavy (non-hydrogen) atoms. The molecule has 1 saturated heterocycles. The van der Waals surface area contributed by atoms with Crippen molar-refractivity contribution in [2.75, 3.05) is 45.9 Å². The Morgan fingerprint density at radius 1 is 1.12 bits per heavy atom. The molecule has 170 valence electrons. The SMILES string of the molecule is Cc1ccc(CC(=O)N2CCc3c(c[nH]c(=O)c3C(=O)NCCN3CCOCC3)C2)cc1. The highest BCUT2D eigenvalue weighted by Gasteiger charge is 2.26. The van der Waals surface area contributed by atoms with Crippen LogP contribution in [0, 0.1) is 6.92 Å². The highest BCUT2D eigenvalue weighted by molar-refractivity contribution is 5.95. The van der Waals surface area contributed by atoms with E-state index in [1.165, 1.54) is 0 Å². The molecule has 1 aromatic carbocycles. The van der Waals surface area contributed by atoms with Gasteiger partial charge in [-0.25, -0.2) is 0 Å². The standard InChI is InChI=1S/C24H30N4O4/c1-17-2-4-18(5-3-17)14-21(29)28-8-6-20-19(16-28)15-26-24(31)22(20)23(30)25-7-9-27-10-12-32-13-11-27/h2-5,15H,6-14,16H2,1H3,(H,25,30)(H,26,31). The Labute approximate surface area is 187 Å². The van der Waals surface area contributed by atoms with Crippen molar-refractivity contribution in [1.29, 1.82) is 0 Å². The molecule has 0 atom stereocenters. The van der Waals surface area contributed by atoms with Gasteiger partial charge in [-0.1, -0.05) is 29.8 Å². The van der Waals surface area contributed by atoms with Crippen molar-refractivity contribution in [3.05, 3.63) is 68.6 Å². The molecule has 0 spiro atoms. The minimum atomic E-state index is -0.382. The normalized spacial score (nSPS) is 16.5. The summed E-state index contributed by atoms with van der Waals surface area (Å²) in [6.45, 7) is 7.22. The fourth-order valence-electron chi connectivity index (χ4n) is 4.25. The second-order valence-electron chi connectivity index (χ2n) is 8.43. The number of rotatable bonds is 6. The number of hydrogen-bond donors (Lipinski definition) is 2. The molecule has 2 amide bonds. The van der Waals surface area contributed by atoms with Crippen LogP contribution in [-0.2, 0) is 28.9 Å². The maximum atomic E-state index is 12.8. The number of aromatic nitrogens is 1. The number of ether oxygens (including phenoxy) is 1. The molecule has 0 aliphatic carbocycles. The number of aryl methyl sites for hydroxylation is 1. The van der Waals surface area contributed by atoms with E-state index in [4.69, 9.17) is 4.74 Å². The van der Waals surface area contributed by atoms with Crippen molar-refractivity contribution >= 4 is 11.8 Å². The number of pyridine rings is 1. The van der Waals surface area contributed by atoms with Crippen LogP contribution in [0.15, 0.2) is 35.3 Å². The van der Waals surface area contributed by atoms with Gasteiger partial charge in [-0.3, -0.25) is 19.3 Å². The van der Waals surface area contributed by atoms with Crippen LogP contribution < -0.4 is 10.9 Å². The van der Waals surface area contributed by atoms with Crippen molar-refractivity contribution < 1.29 is 14.3 Å². The van der Waals surface area contributed by atoms with Crippen LogP contribution in [0.1, 0.15) is 32.6 Å². The number of nitrogens with zero attached hydrogens (tertiary/aromatic N) is 2. The van der Waals surface area contributed by atoms with Crippen molar-refractivity contribution in [2.45, 2.75) is 26.3 Å². The minimum Gasteiger partial charge on any atom is -0.379 e. The van der Waals surface area contributed by atoms with E-state index in [1.807, 2.05) is 31.2 Å². The van der Waals surface area contributed by atoms with Gasteiger partial charge in [0.25, 0.3) is 11.5 Å². The van der Waals surface area contributed by atoms with Crippen LogP contribution in [-0.4, -0.2) is 72.5 Å². The Bertz CT molecular complexity index is 1030. The molecule has 2 aromatic rings. The zero-order valence-electron chi connectivity index (χ0n) is 18.5. The number of benzene rings is 1. The first-order chi connectivity index (χ1) is 15.5. The summed E-state index contributed by atoms with van der Waals surface area (Å²) >= 11 is 0. The van der Waals surface area contributed by atoms with Gasteiger partial charge in [0.05, 0.1) is 19.6 Å². The quantitative estimate of drug-likeness (QED) is 0.698. The average Bonchev–Trinajstić information content (AvgIpc) is 2.80. The number of morpholine rings is 1. The van der Waals surface area contributed by atoms with Crippen LogP contribution in [0.5, 0.6) is 0 Å². The van der Waals surface area contributed by atoms with Crippen molar-refractivity contribution in [1.82, 2.24) is 20.1 Å². The monoisotopic (exact) mass is 438 g/mol. The number of fused-ring (bicyclic) bond motifs is 1. The largest absolute Gasteiger partial charge is 0.379 e. The fraction of sp³-hybridized carbons (Fsp3) is 0.458. The zero-order valence-corrected chi connectivity index (χ0v) is 18.5. The van der Waals surface area contributed by atoms with Gasteiger partial charge in [0, 0.05) is 45.5 Å². The second kappa shape index (κ2) is 10.1. The van der Waals surface area contributed by atoms with Gasteiger partial charge in [-0.05, 0) is 30.0 Å². The van der Waals surface area contributed by atoms with Gasteiger partial charge in [0.1, 0.15) is 5.56 Å². The van der Waals surface area contributed by atoms with E-state index in [1.54, 1.807) is 11.1 Å². The van der Waals surface area contributed by atoms with Crippen molar-refractivity contribution in [3.63, 3.8) is 0 Å². The summed E-state index contributed by atoms with van der Waals surface area (Å²) in [5.41, 5.74) is 3.51. The predicted octanol–water partition coefficient (Wildman–Crippen LogP) is 0.873. The lowest BCUT2D eigenvalue weighted by Crippen LogP contribution is -2.43. The lowest BCUT2D eigenvalue weighted by atomic mass is 9.96. The first kappa shape index (κ1) is 22.2.